The predicted octanol–water partition coefficient (Wildman–Crippen LogP) is 1.74. The summed E-state index contributed by atoms with van der Waals surface area (Å²) in [5.41, 5.74) is 9.62. The zero-order valence-corrected chi connectivity index (χ0v) is 10.1. The quantitative estimate of drug-likeness (QED) is 0.443. The number of benzene rings is 2. The number of carbonyl (C=O) groups is 1. The molecule has 2 rings (SSSR count). The number of nitrogens with two attached hydrogens (primary N) is 1. The van der Waals surface area contributed by atoms with Crippen molar-refractivity contribution in [3.05, 3.63) is 59.7 Å². The molecule has 0 unspecified atom stereocenters. The van der Waals surface area contributed by atoms with Crippen LogP contribution in [0.5, 0.6) is 5.75 Å². The van der Waals surface area contributed by atoms with E-state index >= 15 is 0 Å². The van der Waals surface area contributed by atoms with Gasteiger partial charge in [0.1, 0.15) is 5.75 Å². The summed E-state index contributed by atoms with van der Waals surface area (Å²) in [5, 5.41) is 12.9. The van der Waals surface area contributed by atoms with Gasteiger partial charge < -0.3 is 10.8 Å². The van der Waals surface area contributed by atoms with E-state index in [4.69, 9.17) is 10.8 Å². The average molecular weight is 255 g/mol. The van der Waals surface area contributed by atoms with E-state index < -0.39 is 0 Å². The van der Waals surface area contributed by atoms with Gasteiger partial charge in [0.2, 0.25) is 0 Å². The maximum Gasteiger partial charge on any atom is 0.273 e. The van der Waals surface area contributed by atoms with Gasteiger partial charge in [0.05, 0.1) is 11.8 Å². The maximum atomic E-state index is 11.8. The first-order valence-electron chi connectivity index (χ1n) is 5.64. The zero-order valence-electron chi connectivity index (χ0n) is 10.1. The number of anilines is 1. The number of nitrogens with one attached hydrogen (secondary N) is 1. The van der Waals surface area contributed by atoms with E-state index in [0.717, 1.165) is 5.56 Å². The number of nitrogen functional groups attached to an aromatic ring is 1. The maximum absolute atomic E-state index is 11.8. The third-order valence-corrected chi connectivity index (χ3v) is 2.48. The summed E-state index contributed by atoms with van der Waals surface area (Å²) in [7, 11) is 0. The van der Waals surface area contributed by atoms with Crippen LogP contribution in [0.4, 0.5) is 5.69 Å². The SMILES string of the molecule is Nc1ccccc1C(=O)N/N=C\c1ccc(O)cc1. The Morgan fingerprint density at radius 3 is 2.53 bits per heavy atom. The fourth-order valence-corrected chi connectivity index (χ4v) is 1.49. The van der Waals surface area contributed by atoms with E-state index in [1.165, 1.54) is 6.21 Å². The normalized spacial score (nSPS) is 10.5. The van der Waals surface area contributed by atoms with Crippen molar-refractivity contribution < 1.29 is 9.90 Å². The van der Waals surface area contributed by atoms with Crippen LogP contribution in [0.25, 0.3) is 0 Å². The van der Waals surface area contributed by atoms with Gasteiger partial charge in [0, 0.05) is 5.69 Å². The fraction of sp³-hybridized carbons (Fsp3) is 0. The molecule has 0 saturated carbocycles. The fourth-order valence-electron chi connectivity index (χ4n) is 1.49. The Labute approximate surface area is 110 Å². The minimum Gasteiger partial charge on any atom is -0.508 e. The second kappa shape index (κ2) is 5.68. The molecule has 0 bridgehead atoms. The highest BCUT2D eigenvalue weighted by Gasteiger charge is 2.06. The molecule has 0 aromatic heterocycles. The number of hydrazone groups is 1. The Hall–Kier alpha value is -2.82. The summed E-state index contributed by atoms with van der Waals surface area (Å²) in [6.07, 6.45) is 1.48. The molecule has 96 valence electrons. The third kappa shape index (κ3) is 3.32. The first-order valence-corrected chi connectivity index (χ1v) is 5.64. The van der Waals surface area contributed by atoms with Crippen molar-refractivity contribution in [3.63, 3.8) is 0 Å². The average Bonchev–Trinajstić information content (AvgIpc) is 2.41. The standard InChI is InChI=1S/C14H13N3O2/c15-13-4-2-1-3-12(13)14(19)17-16-9-10-5-7-11(18)8-6-10/h1-9,18H,15H2,(H,17,19)/b16-9-. The van der Waals surface area contributed by atoms with Gasteiger partial charge in [-0.2, -0.15) is 5.10 Å². The number of aromatic hydroxyl groups is 1. The monoisotopic (exact) mass is 255 g/mol. The number of phenolic OH excluding ortho intramolecular Hbond substituents is 1. The van der Waals surface area contributed by atoms with E-state index in [9.17, 15) is 4.79 Å². The minimum absolute atomic E-state index is 0.179. The third-order valence-electron chi connectivity index (χ3n) is 2.48. The molecule has 0 heterocycles. The van der Waals surface area contributed by atoms with E-state index in [1.54, 1.807) is 48.5 Å². The highest BCUT2D eigenvalue weighted by molar-refractivity contribution is 5.99. The number of carbonyl (C=O) groups excluding carboxylic acids is 1. The van der Waals surface area contributed by atoms with Crippen molar-refractivity contribution in [2.45, 2.75) is 0 Å². The van der Waals surface area contributed by atoms with Gasteiger partial charge in [0.25, 0.3) is 5.91 Å². The van der Waals surface area contributed by atoms with Crippen LogP contribution >= 0.6 is 0 Å². The molecule has 0 fully saturated rings. The van der Waals surface area contributed by atoms with Crippen LogP contribution in [0.2, 0.25) is 0 Å². The lowest BCUT2D eigenvalue weighted by Crippen LogP contribution is -2.18. The van der Waals surface area contributed by atoms with Gasteiger partial charge in [-0.15, -0.1) is 0 Å². The molecule has 0 saturated heterocycles. The van der Waals surface area contributed by atoms with Gasteiger partial charge >= 0.3 is 0 Å². The number of nitrogens with zero attached hydrogens (tertiary/aromatic N) is 1. The number of rotatable bonds is 3. The number of amides is 1. The van der Waals surface area contributed by atoms with E-state index in [2.05, 4.69) is 10.5 Å². The Kier molecular flexibility index (Phi) is 3.78. The lowest BCUT2D eigenvalue weighted by atomic mass is 10.2. The van der Waals surface area contributed by atoms with Gasteiger partial charge in [-0.3, -0.25) is 4.79 Å². The Morgan fingerprint density at radius 1 is 1.16 bits per heavy atom. The zero-order chi connectivity index (χ0) is 13.7. The van der Waals surface area contributed by atoms with Crippen LogP contribution in [0, 0.1) is 0 Å². The first kappa shape index (κ1) is 12.6. The number of hydrogen-bond acceptors (Lipinski definition) is 4. The number of phenols is 1. The molecular formula is C14H13N3O2. The lowest BCUT2D eigenvalue weighted by molar-refractivity contribution is 0.0956. The van der Waals surface area contributed by atoms with Crippen molar-refractivity contribution in [2.24, 2.45) is 5.10 Å². The summed E-state index contributed by atoms with van der Waals surface area (Å²) in [6, 6.07) is 13.2. The summed E-state index contributed by atoms with van der Waals surface area (Å²) in [5.74, 6) is -0.189. The van der Waals surface area contributed by atoms with Crippen LogP contribution in [-0.4, -0.2) is 17.2 Å². The molecule has 0 aliphatic heterocycles. The topological polar surface area (TPSA) is 87.7 Å². The van der Waals surface area contributed by atoms with Gasteiger partial charge in [0.15, 0.2) is 0 Å². The summed E-state index contributed by atoms with van der Waals surface area (Å²) in [6.45, 7) is 0. The minimum atomic E-state index is -0.367. The smallest absolute Gasteiger partial charge is 0.273 e. The summed E-state index contributed by atoms with van der Waals surface area (Å²) in [4.78, 5) is 11.8. The van der Waals surface area contributed by atoms with Crippen LogP contribution in [0.15, 0.2) is 53.6 Å². The molecule has 0 radical (unpaired) electrons. The largest absolute Gasteiger partial charge is 0.508 e. The molecule has 0 atom stereocenters. The van der Waals surface area contributed by atoms with Crippen molar-refractivity contribution >= 4 is 17.8 Å². The highest BCUT2D eigenvalue weighted by Crippen LogP contribution is 2.10. The predicted molar refractivity (Wildman–Crippen MR) is 74.0 cm³/mol. The molecule has 5 heteroatoms. The number of para-hydroxylation sites is 1. The molecule has 5 nitrogen and oxygen atoms in total. The van der Waals surface area contributed by atoms with Gasteiger partial charge in [-0.1, -0.05) is 12.1 Å². The summed E-state index contributed by atoms with van der Waals surface area (Å²) < 4.78 is 0. The van der Waals surface area contributed by atoms with Crippen molar-refractivity contribution in [1.29, 1.82) is 0 Å². The molecule has 1 amide bonds. The van der Waals surface area contributed by atoms with Gasteiger partial charge in [-0.25, -0.2) is 5.43 Å². The number of hydrogen-bond donors (Lipinski definition) is 3. The highest BCUT2D eigenvalue weighted by atomic mass is 16.3. The first-order chi connectivity index (χ1) is 9.16. The van der Waals surface area contributed by atoms with E-state index in [0.29, 0.717) is 11.3 Å². The molecular weight excluding hydrogens is 242 g/mol. The molecule has 2 aromatic carbocycles. The molecule has 0 spiro atoms. The molecule has 4 N–H and O–H groups in total. The Balaban J connectivity index is 2.01. The van der Waals surface area contributed by atoms with E-state index in [-0.39, 0.29) is 11.7 Å². The molecule has 0 aliphatic carbocycles. The lowest BCUT2D eigenvalue weighted by Gasteiger charge is -2.02. The van der Waals surface area contributed by atoms with Crippen molar-refractivity contribution in [3.8, 4) is 5.75 Å². The Morgan fingerprint density at radius 2 is 1.84 bits per heavy atom. The van der Waals surface area contributed by atoms with Crippen LogP contribution in [-0.2, 0) is 0 Å². The van der Waals surface area contributed by atoms with Crippen molar-refractivity contribution in [2.75, 3.05) is 5.73 Å². The van der Waals surface area contributed by atoms with Gasteiger partial charge in [-0.05, 0) is 42.0 Å². The van der Waals surface area contributed by atoms with E-state index in [1.807, 2.05) is 0 Å². The van der Waals surface area contributed by atoms with Crippen molar-refractivity contribution in [1.82, 2.24) is 5.43 Å². The Bertz CT molecular complexity index is 606. The van der Waals surface area contributed by atoms with Crippen LogP contribution in [0.3, 0.4) is 0 Å². The molecule has 2 aromatic rings. The molecule has 19 heavy (non-hydrogen) atoms. The van der Waals surface area contributed by atoms with Crippen LogP contribution < -0.4 is 11.2 Å². The summed E-state index contributed by atoms with van der Waals surface area (Å²) >= 11 is 0. The second-order valence-electron chi connectivity index (χ2n) is 3.88. The second-order valence-corrected chi connectivity index (χ2v) is 3.88. The van der Waals surface area contributed by atoms with Crippen LogP contribution in [0.1, 0.15) is 15.9 Å². The molecule has 0 aliphatic rings.